The highest BCUT2D eigenvalue weighted by Gasteiger charge is 2.18. The van der Waals surface area contributed by atoms with Crippen LogP contribution in [0.25, 0.3) is 11.1 Å². The average molecular weight is 352 g/mol. The molecular weight excluding hydrogens is 328 g/mol. The Morgan fingerprint density at radius 1 is 0.846 bits per heavy atom. The van der Waals surface area contributed by atoms with Crippen LogP contribution in [-0.2, 0) is 16.0 Å². The minimum absolute atomic E-state index is 0.0218. The smallest absolute Gasteiger partial charge is 0.243 e. The molecule has 0 heterocycles. The number of carbonyl (C=O) groups excluding carboxylic acids is 2. The fraction of sp³-hybridized carbons (Fsp3) is 0.333. The van der Waals surface area contributed by atoms with Crippen LogP contribution in [0.15, 0.2) is 42.5 Å². The van der Waals surface area contributed by atoms with Crippen molar-refractivity contribution in [1.29, 1.82) is 0 Å². The summed E-state index contributed by atoms with van der Waals surface area (Å²) >= 11 is 0. The van der Waals surface area contributed by atoms with Crippen molar-refractivity contribution in [1.82, 2.24) is 5.48 Å². The van der Waals surface area contributed by atoms with Gasteiger partial charge in [-0.05, 0) is 53.6 Å². The molecule has 26 heavy (non-hydrogen) atoms. The molecule has 2 aromatic carbocycles. The molecule has 0 aromatic heterocycles. The minimum Gasteiger partial charge on any atom is -0.326 e. The van der Waals surface area contributed by atoms with Gasteiger partial charge in [-0.25, -0.2) is 5.48 Å². The highest BCUT2D eigenvalue weighted by Crippen LogP contribution is 2.37. The first-order valence-corrected chi connectivity index (χ1v) is 9.11. The third kappa shape index (κ3) is 4.49. The van der Waals surface area contributed by atoms with Crippen molar-refractivity contribution in [3.8, 4) is 11.1 Å². The fourth-order valence-corrected chi connectivity index (χ4v) is 3.43. The van der Waals surface area contributed by atoms with Gasteiger partial charge in [0, 0.05) is 18.5 Å². The second-order valence-electron chi connectivity index (χ2n) is 6.70. The SMILES string of the molecule is O=C(CCCCCCC(=O)Nc1ccc2c(c1)Cc1ccccc1-2)NO. The minimum atomic E-state index is -0.360. The van der Waals surface area contributed by atoms with Crippen LogP contribution in [0.5, 0.6) is 0 Å². The van der Waals surface area contributed by atoms with Gasteiger partial charge in [0.05, 0.1) is 0 Å². The molecule has 5 nitrogen and oxygen atoms in total. The van der Waals surface area contributed by atoms with Crippen LogP contribution in [0.2, 0.25) is 0 Å². The van der Waals surface area contributed by atoms with Gasteiger partial charge in [0.15, 0.2) is 0 Å². The van der Waals surface area contributed by atoms with E-state index in [0.29, 0.717) is 12.8 Å². The molecule has 0 saturated heterocycles. The van der Waals surface area contributed by atoms with Crippen molar-refractivity contribution in [2.24, 2.45) is 0 Å². The average Bonchev–Trinajstić information content (AvgIpc) is 3.02. The van der Waals surface area contributed by atoms with Gasteiger partial charge in [-0.15, -0.1) is 0 Å². The lowest BCUT2D eigenvalue weighted by Gasteiger charge is -2.08. The molecule has 5 heteroatoms. The van der Waals surface area contributed by atoms with E-state index in [1.165, 1.54) is 22.3 Å². The Morgan fingerprint density at radius 2 is 1.54 bits per heavy atom. The second kappa shape index (κ2) is 8.63. The number of unbranched alkanes of at least 4 members (excludes halogenated alkanes) is 3. The van der Waals surface area contributed by atoms with E-state index in [0.717, 1.165) is 37.8 Å². The molecule has 1 aliphatic carbocycles. The van der Waals surface area contributed by atoms with Crippen molar-refractivity contribution in [3.63, 3.8) is 0 Å². The number of nitrogens with one attached hydrogen (secondary N) is 2. The molecule has 3 rings (SSSR count). The van der Waals surface area contributed by atoms with Gasteiger partial charge < -0.3 is 5.32 Å². The van der Waals surface area contributed by atoms with Crippen molar-refractivity contribution in [2.75, 3.05) is 5.32 Å². The van der Waals surface area contributed by atoms with Crippen LogP contribution in [0.3, 0.4) is 0 Å². The number of benzene rings is 2. The topological polar surface area (TPSA) is 78.4 Å². The molecule has 0 radical (unpaired) electrons. The third-order valence-electron chi connectivity index (χ3n) is 4.76. The van der Waals surface area contributed by atoms with E-state index in [1.807, 2.05) is 6.07 Å². The Kier molecular flexibility index (Phi) is 6.02. The summed E-state index contributed by atoms with van der Waals surface area (Å²) in [6, 6.07) is 14.5. The van der Waals surface area contributed by atoms with Gasteiger partial charge in [-0.3, -0.25) is 14.8 Å². The van der Waals surface area contributed by atoms with Crippen LogP contribution in [0.1, 0.15) is 49.7 Å². The van der Waals surface area contributed by atoms with Crippen molar-refractivity contribution in [3.05, 3.63) is 53.6 Å². The van der Waals surface area contributed by atoms with E-state index in [1.54, 1.807) is 5.48 Å². The van der Waals surface area contributed by atoms with Crippen LogP contribution in [0.4, 0.5) is 5.69 Å². The number of amides is 2. The maximum absolute atomic E-state index is 12.1. The molecule has 0 unspecified atom stereocenters. The Bertz CT molecular complexity index is 802. The zero-order valence-corrected chi connectivity index (χ0v) is 14.8. The van der Waals surface area contributed by atoms with E-state index < -0.39 is 0 Å². The number of carbonyl (C=O) groups is 2. The first kappa shape index (κ1) is 18.1. The third-order valence-corrected chi connectivity index (χ3v) is 4.76. The monoisotopic (exact) mass is 352 g/mol. The normalized spacial score (nSPS) is 11.6. The molecule has 0 bridgehead atoms. The second-order valence-corrected chi connectivity index (χ2v) is 6.70. The maximum Gasteiger partial charge on any atom is 0.243 e. The van der Waals surface area contributed by atoms with Crippen LogP contribution < -0.4 is 10.8 Å². The number of anilines is 1. The van der Waals surface area contributed by atoms with Crippen LogP contribution >= 0.6 is 0 Å². The Morgan fingerprint density at radius 3 is 2.31 bits per heavy atom. The summed E-state index contributed by atoms with van der Waals surface area (Å²) in [5, 5.41) is 11.4. The van der Waals surface area contributed by atoms with Crippen molar-refractivity contribution in [2.45, 2.75) is 44.9 Å². The predicted octanol–water partition coefficient (Wildman–Crippen LogP) is 4.04. The molecule has 136 valence electrons. The fourth-order valence-electron chi connectivity index (χ4n) is 3.43. The van der Waals surface area contributed by atoms with Gasteiger partial charge in [0.25, 0.3) is 0 Å². The summed E-state index contributed by atoms with van der Waals surface area (Å²) in [4.78, 5) is 23.0. The lowest BCUT2D eigenvalue weighted by molar-refractivity contribution is -0.129. The Balaban J connectivity index is 1.43. The molecule has 1 aliphatic rings. The summed E-state index contributed by atoms with van der Waals surface area (Å²) in [6.07, 6.45) is 4.99. The summed E-state index contributed by atoms with van der Waals surface area (Å²) in [6.45, 7) is 0. The highest BCUT2D eigenvalue weighted by molar-refractivity contribution is 5.91. The summed E-state index contributed by atoms with van der Waals surface area (Å²) in [5.41, 5.74) is 7.60. The highest BCUT2D eigenvalue weighted by atomic mass is 16.5. The number of hydrogen-bond donors (Lipinski definition) is 3. The number of fused-ring (bicyclic) bond motifs is 3. The Labute approximate surface area is 153 Å². The lowest BCUT2D eigenvalue weighted by Crippen LogP contribution is -2.17. The standard InChI is InChI=1S/C21H24N2O3/c24-20(9-3-1-2-4-10-21(25)23-26)22-17-11-12-19-16(14-17)13-15-7-5-6-8-18(15)19/h5-8,11-12,14,26H,1-4,9-10,13H2,(H,22,24)(H,23,25). The molecule has 2 amide bonds. The first-order chi connectivity index (χ1) is 12.7. The molecular formula is C21H24N2O3. The molecule has 0 aliphatic heterocycles. The molecule has 0 saturated carbocycles. The molecule has 0 spiro atoms. The maximum atomic E-state index is 12.1. The largest absolute Gasteiger partial charge is 0.326 e. The summed E-state index contributed by atoms with van der Waals surface area (Å²) < 4.78 is 0. The van der Waals surface area contributed by atoms with Gasteiger partial charge in [0.2, 0.25) is 11.8 Å². The molecule has 0 atom stereocenters. The lowest BCUT2D eigenvalue weighted by atomic mass is 10.1. The van der Waals surface area contributed by atoms with Gasteiger partial charge >= 0.3 is 0 Å². The van der Waals surface area contributed by atoms with Gasteiger partial charge in [-0.2, -0.15) is 0 Å². The van der Waals surface area contributed by atoms with Crippen molar-refractivity contribution >= 4 is 17.5 Å². The van der Waals surface area contributed by atoms with E-state index in [2.05, 4.69) is 41.7 Å². The summed E-state index contributed by atoms with van der Waals surface area (Å²) in [5.74, 6) is -0.338. The first-order valence-electron chi connectivity index (χ1n) is 9.11. The van der Waals surface area contributed by atoms with E-state index in [9.17, 15) is 9.59 Å². The molecule has 0 fully saturated rings. The van der Waals surface area contributed by atoms with Crippen LogP contribution in [-0.4, -0.2) is 17.0 Å². The van der Waals surface area contributed by atoms with E-state index >= 15 is 0 Å². The quantitative estimate of drug-likeness (QED) is 0.325. The number of rotatable bonds is 8. The molecule has 3 N–H and O–H groups in total. The van der Waals surface area contributed by atoms with E-state index in [-0.39, 0.29) is 11.8 Å². The van der Waals surface area contributed by atoms with Crippen LogP contribution in [0, 0.1) is 0 Å². The predicted molar refractivity (Wildman–Crippen MR) is 101 cm³/mol. The number of hydrogen-bond acceptors (Lipinski definition) is 3. The van der Waals surface area contributed by atoms with Gasteiger partial charge in [-0.1, -0.05) is 43.2 Å². The molecule has 2 aromatic rings. The Hall–Kier alpha value is -2.66. The zero-order chi connectivity index (χ0) is 18.4. The van der Waals surface area contributed by atoms with E-state index in [4.69, 9.17) is 5.21 Å². The number of hydroxylamine groups is 1. The van der Waals surface area contributed by atoms with Gasteiger partial charge in [0.1, 0.15) is 0 Å². The summed E-state index contributed by atoms with van der Waals surface area (Å²) in [7, 11) is 0. The van der Waals surface area contributed by atoms with Crippen molar-refractivity contribution < 1.29 is 14.8 Å². The zero-order valence-electron chi connectivity index (χ0n) is 14.8.